The Hall–Kier alpha value is -0.150. The van der Waals surface area contributed by atoms with Gasteiger partial charge in [0.2, 0.25) is 0 Å². The van der Waals surface area contributed by atoms with Gasteiger partial charge in [-0.1, -0.05) is 0 Å². The molecule has 0 aliphatic heterocycles. The minimum Gasteiger partial charge on any atom is -0.385 e. The van der Waals surface area contributed by atoms with E-state index in [2.05, 4.69) is 5.32 Å². The van der Waals surface area contributed by atoms with Crippen LogP contribution in [0.25, 0.3) is 0 Å². The molecule has 10 heavy (non-hydrogen) atoms. The lowest BCUT2D eigenvalue weighted by molar-refractivity contribution is 0.192. The molecule has 0 amide bonds. The van der Waals surface area contributed by atoms with Gasteiger partial charge in [-0.2, -0.15) is 0 Å². The van der Waals surface area contributed by atoms with Gasteiger partial charge in [-0.05, 0) is 19.4 Å². The summed E-state index contributed by atoms with van der Waals surface area (Å²) in [4.78, 5) is 0. The van der Waals surface area contributed by atoms with Crippen LogP contribution in [0.3, 0.4) is 0 Å². The number of rotatable bonds is 7. The van der Waals surface area contributed by atoms with Crippen molar-refractivity contribution >= 4 is 0 Å². The first-order valence-electron chi connectivity index (χ1n) is 3.67. The van der Waals surface area contributed by atoms with Crippen LogP contribution in [0.1, 0.15) is 12.8 Å². The van der Waals surface area contributed by atoms with E-state index in [4.69, 9.17) is 4.74 Å². The van der Waals surface area contributed by atoms with Crippen molar-refractivity contribution in [1.82, 2.24) is 5.32 Å². The molecule has 0 spiro atoms. The summed E-state index contributed by atoms with van der Waals surface area (Å²) in [5.74, 6) is 0. The molecular weight excluding hydrogens is 133 g/mol. The molecule has 0 aliphatic carbocycles. The highest BCUT2D eigenvalue weighted by molar-refractivity contribution is 4.45. The third-order valence-electron chi connectivity index (χ3n) is 1.22. The molecule has 0 heterocycles. The molecule has 3 heteroatoms. The van der Waals surface area contributed by atoms with E-state index in [0.29, 0.717) is 6.54 Å². The number of nitrogens with one attached hydrogen (secondary N) is 1. The molecule has 1 N–H and O–H groups in total. The Labute approximate surface area is 61.8 Å². The number of hydrogen-bond donors (Lipinski definition) is 1. The molecule has 0 aromatic carbocycles. The molecule has 62 valence electrons. The zero-order valence-corrected chi connectivity index (χ0v) is 6.53. The third kappa shape index (κ3) is 7.85. The second-order valence-electron chi connectivity index (χ2n) is 2.14. The molecule has 0 fully saturated rings. The van der Waals surface area contributed by atoms with E-state index in [-0.39, 0.29) is 6.67 Å². The molecular formula is C7H16FNO. The molecule has 0 unspecified atom stereocenters. The van der Waals surface area contributed by atoms with Crippen LogP contribution in [0.2, 0.25) is 0 Å². The number of halogens is 1. The Balaban J connectivity index is 2.65. The van der Waals surface area contributed by atoms with Crippen LogP contribution in [0.5, 0.6) is 0 Å². The predicted molar refractivity (Wildman–Crippen MR) is 40.0 cm³/mol. The van der Waals surface area contributed by atoms with Crippen LogP contribution in [0, 0.1) is 0 Å². The highest BCUT2D eigenvalue weighted by atomic mass is 19.1. The third-order valence-corrected chi connectivity index (χ3v) is 1.22. The van der Waals surface area contributed by atoms with Crippen molar-refractivity contribution in [3.8, 4) is 0 Å². The maximum absolute atomic E-state index is 11.5. The van der Waals surface area contributed by atoms with Gasteiger partial charge in [0.15, 0.2) is 0 Å². The SMILES string of the molecule is COCCCCNCCF. The van der Waals surface area contributed by atoms with Gasteiger partial charge in [-0.15, -0.1) is 0 Å². The van der Waals surface area contributed by atoms with E-state index in [1.165, 1.54) is 0 Å². The lowest BCUT2D eigenvalue weighted by Crippen LogP contribution is -2.18. The molecule has 0 aliphatic rings. The van der Waals surface area contributed by atoms with Gasteiger partial charge < -0.3 is 10.1 Å². The van der Waals surface area contributed by atoms with Crippen molar-refractivity contribution < 1.29 is 9.13 Å². The summed E-state index contributed by atoms with van der Waals surface area (Å²) in [7, 11) is 1.69. The molecule has 0 saturated carbocycles. The summed E-state index contributed by atoms with van der Waals surface area (Å²) < 4.78 is 16.3. The van der Waals surface area contributed by atoms with Gasteiger partial charge in [0.05, 0.1) is 0 Å². The second-order valence-corrected chi connectivity index (χ2v) is 2.14. The van der Waals surface area contributed by atoms with Crippen molar-refractivity contribution in [2.45, 2.75) is 12.8 Å². The zero-order valence-electron chi connectivity index (χ0n) is 6.53. The Morgan fingerprint density at radius 3 is 2.70 bits per heavy atom. The fourth-order valence-corrected chi connectivity index (χ4v) is 0.688. The summed E-state index contributed by atoms with van der Waals surface area (Å²) in [5.41, 5.74) is 0. The topological polar surface area (TPSA) is 21.3 Å². The average Bonchev–Trinajstić information content (AvgIpc) is 1.97. The van der Waals surface area contributed by atoms with E-state index in [0.717, 1.165) is 26.0 Å². The molecule has 0 rings (SSSR count). The molecule has 0 radical (unpaired) electrons. The minimum atomic E-state index is -0.274. The van der Waals surface area contributed by atoms with Gasteiger partial charge in [0.25, 0.3) is 0 Å². The van der Waals surface area contributed by atoms with Crippen molar-refractivity contribution in [2.75, 3.05) is 33.5 Å². The Morgan fingerprint density at radius 1 is 1.30 bits per heavy atom. The van der Waals surface area contributed by atoms with E-state index in [1.807, 2.05) is 0 Å². The van der Waals surface area contributed by atoms with E-state index in [1.54, 1.807) is 7.11 Å². The van der Waals surface area contributed by atoms with E-state index >= 15 is 0 Å². The van der Waals surface area contributed by atoms with Crippen LogP contribution in [0.15, 0.2) is 0 Å². The van der Waals surface area contributed by atoms with Crippen LogP contribution in [-0.2, 0) is 4.74 Å². The first-order valence-corrected chi connectivity index (χ1v) is 3.67. The van der Waals surface area contributed by atoms with Crippen molar-refractivity contribution in [2.24, 2.45) is 0 Å². The Bertz CT molecular complexity index is 53.6. The zero-order chi connectivity index (χ0) is 7.66. The highest BCUT2D eigenvalue weighted by Gasteiger charge is 1.86. The smallest absolute Gasteiger partial charge is 0.102 e. The standard InChI is InChI=1S/C7H16FNO/c1-10-7-3-2-5-9-6-4-8/h9H,2-7H2,1H3. The summed E-state index contributed by atoms with van der Waals surface area (Å²) in [6, 6.07) is 0. The number of hydrogen-bond acceptors (Lipinski definition) is 2. The number of alkyl halides is 1. The van der Waals surface area contributed by atoms with Crippen molar-refractivity contribution in [3.63, 3.8) is 0 Å². The maximum Gasteiger partial charge on any atom is 0.102 e. The quantitative estimate of drug-likeness (QED) is 0.545. The lowest BCUT2D eigenvalue weighted by Gasteiger charge is -2.00. The second kappa shape index (κ2) is 8.85. The first-order chi connectivity index (χ1) is 4.91. The van der Waals surface area contributed by atoms with Crippen LogP contribution in [0.4, 0.5) is 4.39 Å². The van der Waals surface area contributed by atoms with E-state index < -0.39 is 0 Å². The van der Waals surface area contributed by atoms with Crippen LogP contribution < -0.4 is 5.32 Å². The first kappa shape index (κ1) is 9.85. The van der Waals surface area contributed by atoms with Crippen LogP contribution in [-0.4, -0.2) is 33.5 Å². The Morgan fingerprint density at radius 2 is 2.10 bits per heavy atom. The maximum atomic E-state index is 11.5. The normalized spacial score (nSPS) is 10.2. The molecule has 2 nitrogen and oxygen atoms in total. The molecule has 0 saturated heterocycles. The number of methoxy groups -OCH3 is 1. The molecule has 0 aromatic rings. The van der Waals surface area contributed by atoms with Crippen molar-refractivity contribution in [3.05, 3.63) is 0 Å². The lowest BCUT2D eigenvalue weighted by atomic mass is 10.3. The van der Waals surface area contributed by atoms with Gasteiger partial charge >= 0.3 is 0 Å². The van der Waals surface area contributed by atoms with Gasteiger partial charge in [-0.25, -0.2) is 4.39 Å². The summed E-state index contributed by atoms with van der Waals surface area (Å²) >= 11 is 0. The highest BCUT2D eigenvalue weighted by Crippen LogP contribution is 1.85. The predicted octanol–water partition coefficient (Wildman–Crippen LogP) is 0.972. The number of unbranched alkanes of at least 4 members (excludes halogenated alkanes) is 1. The van der Waals surface area contributed by atoms with Crippen molar-refractivity contribution in [1.29, 1.82) is 0 Å². The monoisotopic (exact) mass is 149 g/mol. The minimum absolute atomic E-state index is 0.274. The number of ether oxygens (including phenoxy) is 1. The largest absolute Gasteiger partial charge is 0.385 e. The molecule has 0 atom stereocenters. The van der Waals surface area contributed by atoms with Gasteiger partial charge in [-0.3, -0.25) is 0 Å². The van der Waals surface area contributed by atoms with E-state index in [9.17, 15) is 4.39 Å². The summed E-state index contributed by atoms with van der Waals surface area (Å²) in [6.07, 6.45) is 2.11. The fourth-order valence-electron chi connectivity index (χ4n) is 0.688. The summed E-state index contributed by atoms with van der Waals surface area (Å²) in [5, 5.41) is 2.96. The summed E-state index contributed by atoms with van der Waals surface area (Å²) in [6.45, 7) is 1.90. The average molecular weight is 149 g/mol. The Kier molecular flexibility index (Phi) is 8.72. The van der Waals surface area contributed by atoms with Gasteiger partial charge in [0.1, 0.15) is 6.67 Å². The molecule has 0 bridgehead atoms. The fraction of sp³-hybridized carbons (Fsp3) is 1.00. The molecule has 0 aromatic heterocycles. The van der Waals surface area contributed by atoms with Crippen LogP contribution >= 0.6 is 0 Å². The van der Waals surface area contributed by atoms with Gasteiger partial charge in [0, 0.05) is 20.3 Å².